The summed E-state index contributed by atoms with van der Waals surface area (Å²) in [6, 6.07) is 0. The van der Waals surface area contributed by atoms with Gasteiger partial charge in [0.25, 0.3) is 0 Å². The Morgan fingerprint density at radius 1 is 1.47 bits per heavy atom. The molecule has 0 bridgehead atoms. The third kappa shape index (κ3) is 5.74. The number of nitrogens with one attached hydrogen (secondary N) is 1. The molecule has 1 N–H and O–H groups in total. The van der Waals surface area contributed by atoms with Crippen molar-refractivity contribution in [3.05, 3.63) is 0 Å². The van der Waals surface area contributed by atoms with Crippen LogP contribution in [0.25, 0.3) is 0 Å². The summed E-state index contributed by atoms with van der Waals surface area (Å²) in [5.74, 6) is -0.284. The van der Waals surface area contributed by atoms with E-state index in [4.69, 9.17) is 9.47 Å². The number of rotatable bonds is 3. The van der Waals surface area contributed by atoms with Gasteiger partial charge in [0.15, 0.2) is 0 Å². The summed E-state index contributed by atoms with van der Waals surface area (Å²) in [5, 5.41) is 3.23. The number of hydrogen-bond donors (Lipinski definition) is 1. The Kier molecular flexibility index (Phi) is 4.54. The summed E-state index contributed by atoms with van der Waals surface area (Å²) in [6.07, 6.45) is 2.29. The van der Waals surface area contributed by atoms with E-state index in [2.05, 4.69) is 5.32 Å². The van der Waals surface area contributed by atoms with Crippen molar-refractivity contribution in [1.82, 2.24) is 5.32 Å². The second-order valence-electron chi connectivity index (χ2n) is 4.87. The summed E-state index contributed by atoms with van der Waals surface area (Å²) in [5.41, 5.74) is -0.425. The summed E-state index contributed by atoms with van der Waals surface area (Å²) in [7, 11) is 0. The van der Waals surface area contributed by atoms with Gasteiger partial charge in [-0.3, -0.25) is 0 Å². The zero-order valence-electron chi connectivity index (χ0n) is 9.84. The lowest BCUT2D eigenvalue weighted by Gasteiger charge is -2.24. The van der Waals surface area contributed by atoms with Crippen LogP contribution in [-0.2, 0) is 14.3 Å². The topological polar surface area (TPSA) is 47.6 Å². The predicted molar refractivity (Wildman–Crippen MR) is 57.7 cm³/mol. The van der Waals surface area contributed by atoms with Gasteiger partial charge in [0, 0.05) is 6.54 Å². The van der Waals surface area contributed by atoms with Crippen LogP contribution in [0.5, 0.6) is 0 Å². The molecule has 1 atom stereocenters. The van der Waals surface area contributed by atoms with Crippen LogP contribution in [-0.4, -0.2) is 37.4 Å². The van der Waals surface area contributed by atoms with Gasteiger partial charge in [-0.2, -0.15) is 0 Å². The molecular formula is C11H21NO3. The first-order chi connectivity index (χ1) is 6.97. The first-order valence-electron chi connectivity index (χ1n) is 5.51. The molecule has 1 aliphatic rings. The fourth-order valence-electron chi connectivity index (χ4n) is 1.52. The maximum absolute atomic E-state index is 11.3. The Hall–Kier alpha value is -0.610. The molecule has 1 rings (SSSR count). The van der Waals surface area contributed by atoms with Crippen molar-refractivity contribution in [1.29, 1.82) is 0 Å². The van der Waals surface area contributed by atoms with E-state index in [0.29, 0.717) is 0 Å². The number of hydrogen-bond acceptors (Lipinski definition) is 4. The highest BCUT2D eigenvalue weighted by Crippen LogP contribution is 2.09. The van der Waals surface area contributed by atoms with Crippen LogP contribution >= 0.6 is 0 Å². The molecule has 0 radical (unpaired) electrons. The van der Waals surface area contributed by atoms with Crippen molar-refractivity contribution >= 4 is 5.97 Å². The molecule has 4 nitrogen and oxygen atoms in total. The van der Waals surface area contributed by atoms with Crippen LogP contribution in [0, 0.1) is 0 Å². The van der Waals surface area contributed by atoms with E-state index in [9.17, 15) is 4.79 Å². The van der Waals surface area contributed by atoms with Gasteiger partial charge in [-0.15, -0.1) is 0 Å². The molecule has 4 heteroatoms. The summed E-state index contributed by atoms with van der Waals surface area (Å²) in [4.78, 5) is 11.3. The molecule has 1 aliphatic heterocycles. The summed E-state index contributed by atoms with van der Waals surface area (Å²) in [6.45, 7) is 7.51. The molecule has 15 heavy (non-hydrogen) atoms. The SMILES string of the molecule is CC(C)(C)OC(=O)COC1CCCNC1. The van der Waals surface area contributed by atoms with E-state index in [1.54, 1.807) is 0 Å². The minimum Gasteiger partial charge on any atom is -0.458 e. The average molecular weight is 215 g/mol. The molecule has 0 aromatic rings. The van der Waals surface area contributed by atoms with Crippen LogP contribution in [0.3, 0.4) is 0 Å². The van der Waals surface area contributed by atoms with Crippen LogP contribution in [0.4, 0.5) is 0 Å². The number of carbonyl (C=O) groups is 1. The first kappa shape index (κ1) is 12.5. The molecule has 1 heterocycles. The van der Waals surface area contributed by atoms with E-state index < -0.39 is 5.60 Å². The lowest BCUT2D eigenvalue weighted by molar-refractivity contribution is -0.162. The Labute approximate surface area is 91.3 Å². The average Bonchev–Trinajstić information content (AvgIpc) is 2.14. The van der Waals surface area contributed by atoms with E-state index in [0.717, 1.165) is 25.9 Å². The van der Waals surface area contributed by atoms with Gasteiger partial charge in [0.05, 0.1) is 6.10 Å². The Bertz CT molecular complexity index is 204. The molecule has 0 spiro atoms. The molecule has 0 aromatic carbocycles. The zero-order chi connectivity index (χ0) is 11.3. The molecule has 0 saturated carbocycles. The Morgan fingerprint density at radius 3 is 2.73 bits per heavy atom. The smallest absolute Gasteiger partial charge is 0.332 e. The van der Waals surface area contributed by atoms with E-state index in [-0.39, 0.29) is 18.7 Å². The zero-order valence-corrected chi connectivity index (χ0v) is 9.84. The van der Waals surface area contributed by atoms with Crippen LogP contribution in [0.15, 0.2) is 0 Å². The minimum absolute atomic E-state index is 0.0591. The molecule has 0 amide bonds. The second kappa shape index (κ2) is 5.47. The highest BCUT2D eigenvalue weighted by Gasteiger charge is 2.19. The van der Waals surface area contributed by atoms with Gasteiger partial charge in [0.2, 0.25) is 0 Å². The van der Waals surface area contributed by atoms with Gasteiger partial charge in [0.1, 0.15) is 12.2 Å². The number of carbonyl (C=O) groups excluding carboxylic acids is 1. The molecule has 0 aromatic heterocycles. The molecule has 1 fully saturated rings. The van der Waals surface area contributed by atoms with E-state index in [1.807, 2.05) is 20.8 Å². The fourth-order valence-corrected chi connectivity index (χ4v) is 1.52. The van der Waals surface area contributed by atoms with Gasteiger partial charge < -0.3 is 14.8 Å². The van der Waals surface area contributed by atoms with Crippen molar-refractivity contribution in [3.63, 3.8) is 0 Å². The normalized spacial score (nSPS) is 22.5. The third-order valence-corrected chi connectivity index (χ3v) is 2.11. The standard InChI is InChI=1S/C11H21NO3/c1-11(2,3)15-10(13)8-14-9-5-4-6-12-7-9/h9,12H,4-8H2,1-3H3. The number of piperidine rings is 1. The van der Waals surface area contributed by atoms with E-state index >= 15 is 0 Å². The van der Waals surface area contributed by atoms with Crippen molar-refractivity contribution in [3.8, 4) is 0 Å². The van der Waals surface area contributed by atoms with E-state index in [1.165, 1.54) is 0 Å². The van der Waals surface area contributed by atoms with Crippen molar-refractivity contribution < 1.29 is 14.3 Å². The lowest BCUT2D eigenvalue weighted by atomic mass is 10.1. The molecule has 88 valence electrons. The summed E-state index contributed by atoms with van der Waals surface area (Å²) < 4.78 is 10.6. The third-order valence-electron chi connectivity index (χ3n) is 2.11. The predicted octanol–water partition coefficient (Wildman–Crippen LogP) is 1.10. The Morgan fingerprint density at radius 2 is 2.20 bits per heavy atom. The maximum atomic E-state index is 11.3. The highest BCUT2D eigenvalue weighted by atomic mass is 16.6. The molecule has 0 aliphatic carbocycles. The largest absolute Gasteiger partial charge is 0.458 e. The van der Waals surface area contributed by atoms with Crippen LogP contribution in [0.2, 0.25) is 0 Å². The fraction of sp³-hybridized carbons (Fsp3) is 0.909. The van der Waals surface area contributed by atoms with Gasteiger partial charge in [-0.05, 0) is 40.2 Å². The van der Waals surface area contributed by atoms with Crippen molar-refractivity contribution in [2.24, 2.45) is 0 Å². The molecular weight excluding hydrogens is 194 g/mol. The lowest BCUT2D eigenvalue weighted by Crippen LogP contribution is -2.37. The second-order valence-corrected chi connectivity index (χ2v) is 4.87. The summed E-state index contributed by atoms with van der Waals surface area (Å²) >= 11 is 0. The van der Waals surface area contributed by atoms with Gasteiger partial charge in [-0.1, -0.05) is 0 Å². The van der Waals surface area contributed by atoms with Crippen LogP contribution < -0.4 is 5.32 Å². The minimum atomic E-state index is -0.425. The monoisotopic (exact) mass is 215 g/mol. The molecule has 1 saturated heterocycles. The first-order valence-corrected chi connectivity index (χ1v) is 5.51. The number of ether oxygens (including phenoxy) is 2. The number of esters is 1. The van der Waals surface area contributed by atoms with Crippen LogP contribution in [0.1, 0.15) is 33.6 Å². The highest BCUT2D eigenvalue weighted by molar-refractivity contribution is 5.71. The maximum Gasteiger partial charge on any atom is 0.332 e. The van der Waals surface area contributed by atoms with Gasteiger partial charge in [-0.25, -0.2) is 4.79 Å². The quantitative estimate of drug-likeness (QED) is 0.716. The molecule has 1 unspecified atom stereocenters. The van der Waals surface area contributed by atoms with Crippen molar-refractivity contribution in [2.45, 2.75) is 45.3 Å². The van der Waals surface area contributed by atoms with Crippen molar-refractivity contribution in [2.75, 3.05) is 19.7 Å². The Balaban J connectivity index is 2.15. The van der Waals surface area contributed by atoms with Gasteiger partial charge >= 0.3 is 5.97 Å².